The number of nitrogens with zero attached hydrogens (tertiary/aromatic N) is 4. The van der Waals surface area contributed by atoms with E-state index >= 15 is 0 Å². The molecule has 0 atom stereocenters. The number of benzene rings is 2. The zero-order valence-electron chi connectivity index (χ0n) is 14.8. The van der Waals surface area contributed by atoms with E-state index in [1.165, 1.54) is 0 Å². The van der Waals surface area contributed by atoms with E-state index in [2.05, 4.69) is 43.7 Å². The van der Waals surface area contributed by atoms with Crippen LogP contribution in [0.1, 0.15) is 18.4 Å². The lowest BCUT2D eigenvalue weighted by Crippen LogP contribution is -2.18. The van der Waals surface area contributed by atoms with Crippen LogP contribution >= 0.6 is 0 Å². The minimum Gasteiger partial charge on any atom is -0.342 e. The molecule has 132 valence electrons. The second kappa shape index (κ2) is 7.49. The van der Waals surface area contributed by atoms with E-state index in [-0.39, 0.29) is 0 Å². The van der Waals surface area contributed by atoms with Crippen molar-refractivity contribution in [2.24, 2.45) is 0 Å². The predicted octanol–water partition coefficient (Wildman–Crippen LogP) is 3.17. The van der Waals surface area contributed by atoms with Crippen LogP contribution in [0, 0.1) is 0 Å². The van der Waals surface area contributed by atoms with Gasteiger partial charge in [0.15, 0.2) is 0 Å². The molecule has 2 N–H and O–H groups in total. The van der Waals surface area contributed by atoms with Gasteiger partial charge < -0.3 is 10.3 Å². The molecule has 2 heterocycles. The van der Waals surface area contributed by atoms with Crippen LogP contribution in [0.2, 0.25) is 0 Å². The molecule has 0 bridgehead atoms. The van der Waals surface area contributed by atoms with Gasteiger partial charge >= 0.3 is 0 Å². The molecule has 0 amide bonds. The Morgan fingerprint density at radius 2 is 1.81 bits per heavy atom. The first-order valence-electron chi connectivity index (χ1n) is 8.97. The normalized spacial score (nSPS) is 11.3. The number of aryl methyl sites for hydroxylation is 1. The van der Waals surface area contributed by atoms with E-state index in [1.807, 2.05) is 43.3 Å². The lowest BCUT2D eigenvalue weighted by Gasteiger charge is -2.03. The molecule has 0 aliphatic heterocycles. The quantitative estimate of drug-likeness (QED) is 0.504. The molecule has 26 heavy (non-hydrogen) atoms. The van der Waals surface area contributed by atoms with Crippen molar-refractivity contribution < 1.29 is 0 Å². The van der Waals surface area contributed by atoms with Gasteiger partial charge in [-0.3, -0.25) is 0 Å². The molecule has 0 saturated carbocycles. The monoisotopic (exact) mass is 346 g/mol. The Kier molecular flexibility index (Phi) is 4.75. The highest BCUT2D eigenvalue weighted by molar-refractivity contribution is 5.74. The average Bonchev–Trinajstić information content (AvgIpc) is 3.29. The Morgan fingerprint density at radius 1 is 1.00 bits per heavy atom. The fraction of sp³-hybridized carbons (Fsp3) is 0.250. The summed E-state index contributed by atoms with van der Waals surface area (Å²) >= 11 is 0. The SMILES string of the molecule is CCn1nc(CNCCc2nc3ccccc3[nH]2)c(-c2ccccc2)n1. The van der Waals surface area contributed by atoms with Crippen molar-refractivity contribution in [3.63, 3.8) is 0 Å². The van der Waals surface area contributed by atoms with Crippen LogP contribution in [0.5, 0.6) is 0 Å². The Hall–Kier alpha value is -2.99. The van der Waals surface area contributed by atoms with Crippen LogP contribution in [-0.4, -0.2) is 31.5 Å². The Bertz CT molecular complexity index is 953. The molecule has 2 aromatic heterocycles. The topological polar surface area (TPSA) is 71.4 Å². The maximum atomic E-state index is 4.61. The van der Waals surface area contributed by atoms with Crippen LogP contribution < -0.4 is 5.32 Å². The fourth-order valence-electron chi connectivity index (χ4n) is 3.00. The number of rotatable bonds is 7. The van der Waals surface area contributed by atoms with E-state index < -0.39 is 0 Å². The maximum absolute atomic E-state index is 4.61. The van der Waals surface area contributed by atoms with E-state index in [0.717, 1.165) is 53.3 Å². The van der Waals surface area contributed by atoms with Gasteiger partial charge in [-0.25, -0.2) is 4.98 Å². The van der Waals surface area contributed by atoms with Gasteiger partial charge in [0.05, 0.1) is 17.6 Å². The predicted molar refractivity (Wildman–Crippen MR) is 103 cm³/mol. The average molecular weight is 346 g/mol. The van der Waals surface area contributed by atoms with Gasteiger partial charge in [-0.2, -0.15) is 15.0 Å². The van der Waals surface area contributed by atoms with Crippen molar-refractivity contribution in [1.29, 1.82) is 0 Å². The minimum absolute atomic E-state index is 0.685. The van der Waals surface area contributed by atoms with Crippen LogP contribution in [0.3, 0.4) is 0 Å². The summed E-state index contributed by atoms with van der Waals surface area (Å²) in [7, 11) is 0. The summed E-state index contributed by atoms with van der Waals surface area (Å²) in [5, 5.41) is 12.7. The molecule has 4 aromatic rings. The van der Waals surface area contributed by atoms with Gasteiger partial charge in [0.25, 0.3) is 0 Å². The molecule has 0 unspecified atom stereocenters. The van der Waals surface area contributed by atoms with Crippen molar-refractivity contribution in [1.82, 2.24) is 30.3 Å². The number of H-pyrrole nitrogens is 1. The highest BCUT2D eigenvalue weighted by Crippen LogP contribution is 2.19. The summed E-state index contributed by atoms with van der Waals surface area (Å²) in [6, 6.07) is 18.3. The lowest BCUT2D eigenvalue weighted by molar-refractivity contribution is 0.557. The first-order chi connectivity index (χ1) is 12.8. The summed E-state index contributed by atoms with van der Waals surface area (Å²) in [4.78, 5) is 9.72. The number of imidazole rings is 1. The summed E-state index contributed by atoms with van der Waals surface area (Å²) < 4.78 is 0. The van der Waals surface area contributed by atoms with Crippen LogP contribution in [0.4, 0.5) is 0 Å². The molecule has 0 fully saturated rings. The Balaban J connectivity index is 1.40. The zero-order valence-corrected chi connectivity index (χ0v) is 14.8. The van der Waals surface area contributed by atoms with Gasteiger partial charge in [0.1, 0.15) is 17.2 Å². The van der Waals surface area contributed by atoms with Crippen LogP contribution in [0.15, 0.2) is 54.6 Å². The van der Waals surface area contributed by atoms with Crippen molar-refractivity contribution >= 4 is 11.0 Å². The highest BCUT2D eigenvalue weighted by Gasteiger charge is 2.12. The minimum atomic E-state index is 0.685. The second-order valence-corrected chi connectivity index (χ2v) is 6.18. The van der Waals surface area contributed by atoms with Gasteiger partial charge in [-0.05, 0) is 19.1 Å². The molecule has 0 spiro atoms. The molecular formula is C20H22N6. The van der Waals surface area contributed by atoms with E-state index in [1.54, 1.807) is 4.80 Å². The highest BCUT2D eigenvalue weighted by atomic mass is 15.5. The first-order valence-corrected chi connectivity index (χ1v) is 8.97. The van der Waals surface area contributed by atoms with Crippen molar-refractivity contribution in [2.75, 3.05) is 6.54 Å². The van der Waals surface area contributed by atoms with Crippen LogP contribution in [-0.2, 0) is 19.5 Å². The third-order valence-electron chi connectivity index (χ3n) is 4.32. The molecular weight excluding hydrogens is 324 g/mol. The molecule has 0 radical (unpaired) electrons. The molecule has 6 nitrogen and oxygen atoms in total. The molecule has 4 rings (SSSR count). The molecule has 0 aliphatic rings. The molecule has 0 aliphatic carbocycles. The number of hydrogen-bond donors (Lipinski definition) is 2. The number of para-hydroxylation sites is 2. The van der Waals surface area contributed by atoms with E-state index in [0.29, 0.717) is 6.54 Å². The fourth-order valence-corrected chi connectivity index (χ4v) is 3.00. The van der Waals surface area contributed by atoms with Crippen molar-refractivity contribution in [3.05, 3.63) is 66.1 Å². The maximum Gasteiger partial charge on any atom is 0.117 e. The summed E-state index contributed by atoms with van der Waals surface area (Å²) in [5.74, 6) is 0.999. The van der Waals surface area contributed by atoms with Gasteiger partial charge in [-0.15, -0.1) is 0 Å². The van der Waals surface area contributed by atoms with Crippen molar-refractivity contribution in [3.8, 4) is 11.3 Å². The number of nitrogens with one attached hydrogen (secondary N) is 2. The lowest BCUT2D eigenvalue weighted by atomic mass is 10.1. The van der Waals surface area contributed by atoms with Gasteiger partial charge in [-0.1, -0.05) is 42.5 Å². The number of aromatic amines is 1. The second-order valence-electron chi connectivity index (χ2n) is 6.18. The first kappa shape index (κ1) is 16.5. The third kappa shape index (κ3) is 3.50. The summed E-state index contributed by atoms with van der Waals surface area (Å²) in [6.45, 7) is 4.32. The number of fused-ring (bicyclic) bond motifs is 1. The smallest absolute Gasteiger partial charge is 0.117 e. The largest absolute Gasteiger partial charge is 0.342 e. The van der Waals surface area contributed by atoms with E-state index in [9.17, 15) is 0 Å². The molecule has 6 heteroatoms. The number of aromatic nitrogens is 5. The molecule has 2 aromatic carbocycles. The standard InChI is InChI=1S/C20H22N6/c1-2-26-24-18(20(25-26)15-8-4-3-5-9-15)14-21-13-12-19-22-16-10-6-7-11-17(16)23-19/h3-11,21H,2,12-14H2,1H3,(H,22,23). The van der Waals surface area contributed by atoms with Gasteiger partial charge in [0, 0.05) is 25.1 Å². The Morgan fingerprint density at radius 3 is 2.62 bits per heavy atom. The van der Waals surface area contributed by atoms with Gasteiger partial charge in [0.2, 0.25) is 0 Å². The van der Waals surface area contributed by atoms with Crippen molar-refractivity contribution in [2.45, 2.75) is 26.4 Å². The molecule has 0 saturated heterocycles. The Labute approximate surface area is 152 Å². The third-order valence-corrected chi connectivity index (χ3v) is 4.32. The number of hydrogen-bond acceptors (Lipinski definition) is 4. The summed E-state index contributed by atoms with van der Waals surface area (Å²) in [6.07, 6.45) is 0.845. The zero-order chi connectivity index (χ0) is 17.8. The van der Waals surface area contributed by atoms with Crippen LogP contribution in [0.25, 0.3) is 22.3 Å². The van der Waals surface area contributed by atoms with E-state index in [4.69, 9.17) is 0 Å². The summed E-state index contributed by atoms with van der Waals surface area (Å²) in [5.41, 5.74) is 5.12.